The number of nitrogens with one attached hydrogen (secondary N) is 1. The van der Waals surface area contributed by atoms with Crippen LogP contribution in [0.2, 0.25) is 0 Å². The summed E-state index contributed by atoms with van der Waals surface area (Å²) in [6.07, 6.45) is 3.66. The van der Waals surface area contributed by atoms with Crippen molar-refractivity contribution < 1.29 is 14.0 Å². The molecule has 0 bridgehead atoms. The van der Waals surface area contributed by atoms with Gasteiger partial charge in [0.1, 0.15) is 11.6 Å². The first kappa shape index (κ1) is 12.3. The maximum atomic E-state index is 12.3. The standard InChI is InChI=1S/C12H19FN2O2/c1-9-10(16)15(8-4-7-13)12(11(17)14-9)5-2-3-6-12/h9H,2-8H2,1H3,(H,14,17). The maximum absolute atomic E-state index is 12.3. The molecule has 2 aliphatic rings. The van der Waals surface area contributed by atoms with Gasteiger partial charge in [-0.3, -0.25) is 14.0 Å². The molecule has 1 atom stereocenters. The van der Waals surface area contributed by atoms with Crippen LogP contribution in [0.15, 0.2) is 0 Å². The van der Waals surface area contributed by atoms with Crippen molar-refractivity contribution in [1.82, 2.24) is 10.2 Å². The molecule has 2 rings (SSSR count). The smallest absolute Gasteiger partial charge is 0.246 e. The van der Waals surface area contributed by atoms with Crippen LogP contribution in [0.4, 0.5) is 4.39 Å². The highest BCUT2D eigenvalue weighted by molar-refractivity contribution is 5.99. The number of nitrogens with zero attached hydrogens (tertiary/aromatic N) is 1. The molecule has 1 unspecified atom stereocenters. The molecule has 0 aromatic heterocycles. The number of piperazine rings is 1. The minimum Gasteiger partial charge on any atom is -0.343 e. The third-order valence-electron chi connectivity index (χ3n) is 3.87. The molecule has 96 valence electrons. The van der Waals surface area contributed by atoms with Crippen LogP contribution in [0.5, 0.6) is 0 Å². The largest absolute Gasteiger partial charge is 0.343 e. The predicted molar refractivity (Wildman–Crippen MR) is 61.1 cm³/mol. The molecule has 1 saturated heterocycles. The Bertz CT molecular complexity index is 326. The second-order valence-corrected chi connectivity index (χ2v) is 4.97. The van der Waals surface area contributed by atoms with Crippen molar-refractivity contribution in [2.75, 3.05) is 13.2 Å². The molecular weight excluding hydrogens is 223 g/mol. The molecule has 1 heterocycles. The van der Waals surface area contributed by atoms with Crippen molar-refractivity contribution in [3.8, 4) is 0 Å². The SMILES string of the molecule is CC1NC(=O)C2(CCCC2)N(CCCF)C1=O. The summed E-state index contributed by atoms with van der Waals surface area (Å²) in [4.78, 5) is 25.9. The van der Waals surface area contributed by atoms with E-state index in [0.717, 1.165) is 12.8 Å². The Kier molecular flexibility index (Phi) is 3.35. The first-order chi connectivity index (χ1) is 8.12. The molecule has 4 nitrogen and oxygen atoms in total. The van der Waals surface area contributed by atoms with Crippen molar-refractivity contribution in [1.29, 1.82) is 0 Å². The van der Waals surface area contributed by atoms with Crippen LogP contribution < -0.4 is 5.32 Å². The average molecular weight is 242 g/mol. The molecule has 2 fully saturated rings. The van der Waals surface area contributed by atoms with E-state index in [1.165, 1.54) is 0 Å². The summed E-state index contributed by atoms with van der Waals surface area (Å²) in [7, 11) is 0. The van der Waals surface area contributed by atoms with Gasteiger partial charge < -0.3 is 10.2 Å². The summed E-state index contributed by atoms with van der Waals surface area (Å²) in [5.74, 6) is -0.124. The molecule has 1 aliphatic carbocycles. The Morgan fingerprint density at radius 2 is 2.06 bits per heavy atom. The van der Waals surface area contributed by atoms with E-state index in [1.54, 1.807) is 11.8 Å². The monoisotopic (exact) mass is 242 g/mol. The lowest BCUT2D eigenvalue weighted by Gasteiger charge is -2.45. The van der Waals surface area contributed by atoms with E-state index in [9.17, 15) is 14.0 Å². The zero-order valence-corrected chi connectivity index (χ0v) is 10.2. The number of alkyl halides is 1. The molecule has 0 radical (unpaired) electrons. The van der Waals surface area contributed by atoms with Crippen molar-refractivity contribution in [3.05, 3.63) is 0 Å². The second kappa shape index (κ2) is 4.63. The van der Waals surface area contributed by atoms with Crippen molar-refractivity contribution in [2.24, 2.45) is 0 Å². The lowest BCUT2D eigenvalue weighted by molar-refractivity contribution is -0.156. The van der Waals surface area contributed by atoms with E-state index in [4.69, 9.17) is 0 Å². The predicted octanol–water partition coefficient (Wildman–Crippen LogP) is 1.01. The van der Waals surface area contributed by atoms with E-state index in [0.29, 0.717) is 25.8 Å². The van der Waals surface area contributed by atoms with Gasteiger partial charge in [-0.1, -0.05) is 12.8 Å². The van der Waals surface area contributed by atoms with E-state index < -0.39 is 18.3 Å². The summed E-state index contributed by atoms with van der Waals surface area (Å²) in [5.41, 5.74) is -0.682. The van der Waals surface area contributed by atoms with Gasteiger partial charge >= 0.3 is 0 Å². The number of hydrogen-bond acceptors (Lipinski definition) is 2. The highest BCUT2D eigenvalue weighted by atomic mass is 19.1. The number of hydrogen-bond donors (Lipinski definition) is 1. The fourth-order valence-electron chi connectivity index (χ4n) is 2.96. The minimum absolute atomic E-state index is 0.0547. The third-order valence-corrected chi connectivity index (χ3v) is 3.87. The molecule has 1 spiro atoms. The second-order valence-electron chi connectivity index (χ2n) is 4.97. The first-order valence-corrected chi connectivity index (χ1v) is 6.30. The van der Waals surface area contributed by atoms with E-state index in [2.05, 4.69) is 5.32 Å². The number of amides is 2. The summed E-state index contributed by atoms with van der Waals surface area (Å²) in [5, 5.41) is 2.74. The van der Waals surface area contributed by atoms with Crippen LogP contribution >= 0.6 is 0 Å². The lowest BCUT2D eigenvalue weighted by atomic mass is 9.89. The zero-order chi connectivity index (χ0) is 12.5. The quantitative estimate of drug-likeness (QED) is 0.803. The lowest BCUT2D eigenvalue weighted by Crippen LogP contribution is -2.69. The molecule has 1 N–H and O–H groups in total. The van der Waals surface area contributed by atoms with Crippen molar-refractivity contribution >= 4 is 11.8 Å². The van der Waals surface area contributed by atoms with Crippen LogP contribution in [-0.2, 0) is 9.59 Å². The number of rotatable bonds is 3. The summed E-state index contributed by atoms with van der Waals surface area (Å²) in [6.45, 7) is 1.59. The van der Waals surface area contributed by atoms with Crippen LogP contribution in [0, 0.1) is 0 Å². The summed E-state index contributed by atoms with van der Waals surface area (Å²) >= 11 is 0. The summed E-state index contributed by atoms with van der Waals surface area (Å²) < 4.78 is 12.3. The first-order valence-electron chi connectivity index (χ1n) is 6.30. The molecule has 2 amide bonds. The molecule has 0 aromatic carbocycles. The van der Waals surface area contributed by atoms with Gasteiger partial charge in [0, 0.05) is 6.54 Å². The van der Waals surface area contributed by atoms with E-state index in [-0.39, 0.29) is 11.8 Å². The fraction of sp³-hybridized carbons (Fsp3) is 0.833. The van der Waals surface area contributed by atoms with Gasteiger partial charge in [0.05, 0.1) is 6.67 Å². The molecule has 5 heteroatoms. The Hall–Kier alpha value is -1.13. The molecule has 1 saturated carbocycles. The van der Waals surface area contributed by atoms with Gasteiger partial charge in [0.25, 0.3) is 0 Å². The van der Waals surface area contributed by atoms with Gasteiger partial charge in [0.2, 0.25) is 11.8 Å². The van der Waals surface area contributed by atoms with E-state index >= 15 is 0 Å². The van der Waals surface area contributed by atoms with E-state index in [1.807, 2.05) is 0 Å². The molecule has 1 aliphatic heterocycles. The van der Waals surface area contributed by atoms with Crippen molar-refractivity contribution in [3.63, 3.8) is 0 Å². The van der Waals surface area contributed by atoms with Gasteiger partial charge in [-0.25, -0.2) is 0 Å². The van der Waals surface area contributed by atoms with Gasteiger partial charge in [-0.15, -0.1) is 0 Å². The molecule has 17 heavy (non-hydrogen) atoms. The van der Waals surface area contributed by atoms with Gasteiger partial charge in [-0.2, -0.15) is 0 Å². The Morgan fingerprint density at radius 3 is 2.65 bits per heavy atom. The van der Waals surface area contributed by atoms with Crippen molar-refractivity contribution in [2.45, 2.75) is 50.6 Å². The van der Waals surface area contributed by atoms with Crippen LogP contribution in [-0.4, -0.2) is 41.5 Å². The normalized spacial score (nSPS) is 27.6. The van der Waals surface area contributed by atoms with Crippen LogP contribution in [0.25, 0.3) is 0 Å². The minimum atomic E-state index is -0.682. The molecular formula is C12H19FN2O2. The third kappa shape index (κ3) is 1.91. The van der Waals surface area contributed by atoms with Crippen LogP contribution in [0.1, 0.15) is 39.0 Å². The van der Waals surface area contributed by atoms with Gasteiger partial charge in [0.15, 0.2) is 0 Å². The highest BCUT2D eigenvalue weighted by Crippen LogP contribution is 2.38. The van der Waals surface area contributed by atoms with Gasteiger partial charge in [-0.05, 0) is 26.2 Å². The Balaban J connectivity index is 2.24. The number of carbonyl (C=O) groups excluding carboxylic acids is 2. The number of halogens is 1. The fourth-order valence-corrected chi connectivity index (χ4v) is 2.96. The zero-order valence-electron chi connectivity index (χ0n) is 10.2. The molecule has 0 aromatic rings. The summed E-state index contributed by atoms with van der Waals surface area (Å²) in [6, 6.07) is -0.478. The number of carbonyl (C=O) groups is 2. The Labute approximate surface area is 101 Å². The highest BCUT2D eigenvalue weighted by Gasteiger charge is 2.52. The Morgan fingerprint density at radius 1 is 1.41 bits per heavy atom. The average Bonchev–Trinajstić information content (AvgIpc) is 2.77. The van der Waals surface area contributed by atoms with Crippen LogP contribution in [0.3, 0.4) is 0 Å². The maximum Gasteiger partial charge on any atom is 0.246 e. The topological polar surface area (TPSA) is 49.4 Å².